The van der Waals surface area contributed by atoms with E-state index < -0.39 is 15.6 Å². The van der Waals surface area contributed by atoms with Gasteiger partial charge < -0.3 is 5.11 Å². The van der Waals surface area contributed by atoms with Crippen LogP contribution in [0.15, 0.2) is 65.7 Å². The molecule has 0 saturated carbocycles. The maximum Gasteiger partial charge on any atom is 0.242 e. The van der Waals surface area contributed by atoms with Gasteiger partial charge >= 0.3 is 0 Å². The lowest BCUT2D eigenvalue weighted by Crippen LogP contribution is -2.43. The highest BCUT2D eigenvalue weighted by molar-refractivity contribution is 7.89. The molecule has 0 bridgehead atoms. The smallest absolute Gasteiger partial charge is 0.242 e. The van der Waals surface area contributed by atoms with Crippen molar-refractivity contribution in [1.82, 2.24) is 9.71 Å². The minimum Gasteiger partial charge on any atom is -0.388 e. The van der Waals surface area contributed by atoms with Gasteiger partial charge in [0.05, 0.1) is 11.1 Å². The second-order valence-corrected chi connectivity index (χ2v) is 8.24. The van der Waals surface area contributed by atoms with Crippen LogP contribution < -0.4 is 4.72 Å². The number of nitrogens with one attached hydrogen (secondary N) is 1. The van der Waals surface area contributed by atoms with Gasteiger partial charge in [0.25, 0.3) is 0 Å². The minimum atomic E-state index is -3.77. The summed E-state index contributed by atoms with van der Waals surface area (Å²) in [6.07, 6.45) is 2.46. The fourth-order valence-corrected chi connectivity index (χ4v) is 4.70. The molecule has 5 nitrogen and oxygen atoms in total. The van der Waals surface area contributed by atoms with Crippen molar-refractivity contribution in [1.29, 1.82) is 0 Å². The topological polar surface area (TPSA) is 79.3 Å². The molecule has 1 aliphatic rings. The Morgan fingerprint density at radius 3 is 2.40 bits per heavy atom. The molecule has 0 atom stereocenters. The molecule has 0 saturated heterocycles. The first-order chi connectivity index (χ1) is 12.0. The first-order valence-electron chi connectivity index (χ1n) is 8.10. The summed E-state index contributed by atoms with van der Waals surface area (Å²) >= 11 is 0. The second-order valence-electron chi connectivity index (χ2n) is 6.50. The van der Waals surface area contributed by atoms with Crippen molar-refractivity contribution in [3.8, 4) is 0 Å². The highest BCUT2D eigenvalue weighted by Crippen LogP contribution is 2.30. The first-order valence-corrected chi connectivity index (χ1v) is 9.58. The zero-order chi connectivity index (χ0) is 17.5. The summed E-state index contributed by atoms with van der Waals surface area (Å²) in [5.41, 5.74) is 1.46. The molecule has 0 radical (unpaired) electrons. The van der Waals surface area contributed by atoms with Gasteiger partial charge in [0, 0.05) is 31.0 Å². The van der Waals surface area contributed by atoms with Crippen LogP contribution in [0, 0.1) is 0 Å². The second kappa shape index (κ2) is 5.91. The highest BCUT2D eigenvalue weighted by Gasteiger charge is 2.36. The number of pyridine rings is 1. The molecule has 3 aromatic rings. The summed E-state index contributed by atoms with van der Waals surface area (Å²) in [5, 5.41) is 11.6. The molecule has 0 fully saturated rings. The molecule has 2 aromatic carbocycles. The molecule has 4 rings (SSSR count). The van der Waals surface area contributed by atoms with Crippen molar-refractivity contribution < 1.29 is 13.5 Å². The molecule has 1 aliphatic carbocycles. The Bertz CT molecular complexity index is 1020. The Kier molecular flexibility index (Phi) is 3.83. The molecule has 2 N–H and O–H groups in total. The Morgan fingerprint density at radius 1 is 1.00 bits per heavy atom. The number of sulfonamides is 1. The van der Waals surface area contributed by atoms with E-state index in [9.17, 15) is 13.5 Å². The average Bonchev–Trinajstić information content (AvgIpc) is 2.96. The summed E-state index contributed by atoms with van der Waals surface area (Å²) in [5.74, 6) is 0. The van der Waals surface area contributed by atoms with Crippen molar-refractivity contribution >= 4 is 20.9 Å². The molecule has 1 heterocycles. The zero-order valence-electron chi connectivity index (χ0n) is 13.5. The van der Waals surface area contributed by atoms with Gasteiger partial charge in [0.15, 0.2) is 0 Å². The molecule has 0 unspecified atom stereocenters. The molecule has 0 spiro atoms. The lowest BCUT2D eigenvalue weighted by atomic mass is 10.0. The van der Waals surface area contributed by atoms with E-state index in [1.54, 1.807) is 18.3 Å². The number of aliphatic hydroxyl groups is 1. The van der Waals surface area contributed by atoms with Crippen molar-refractivity contribution in [2.75, 3.05) is 6.54 Å². The van der Waals surface area contributed by atoms with E-state index in [0.717, 1.165) is 16.5 Å². The third-order valence-electron chi connectivity index (χ3n) is 4.63. The Labute approximate surface area is 146 Å². The number of fused-ring (bicyclic) bond motifs is 2. The Hall–Kier alpha value is -2.28. The molecule has 6 heteroatoms. The van der Waals surface area contributed by atoms with E-state index >= 15 is 0 Å². The fraction of sp³-hybridized carbons (Fsp3) is 0.211. The van der Waals surface area contributed by atoms with Gasteiger partial charge in [-0.05, 0) is 23.3 Å². The van der Waals surface area contributed by atoms with Crippen LogP contribution in [0.4, 0.5) is 0 Å². The van der Waals surface area contributed by atoms with Gasteiger partial charge in [0.1, 0.15) is 4.90 Å². The first kappa shape index (κ1) is 16.2. The van der Waals surface area contributed by atoms with Crippen LogP contribution in [0.25, 0.3) is 10.9 Å². The van der Waals surface area contributed by atoms with E-state index in [1.807, 2.05) is 36.4 Å². The van der Waals surface area contributed by atoms with Crippen LogP contribution in [0.2, 0.25) is 0 Å². The van der Waals surface area contributed by atoms with Crippen molar-refractivity contribution in [3.63, 3.8) is 0 Å². The Morgan fingerprint density at radius 2 is 1.68 bits per heavy atom. The van der Waals surface area contributed by atoms with Gasteiger partial charge in [-0.25, -0.2) is 13.1 Å². The van der Waals surface area contributed by atoms with Crippen molar-refractivity contribution in [3.05, 3.63) is 71.9 Å². The molecule has 0 aliphatic heterocycles. The van der Waals surface area contributed by atoms with Crippen LogP contribution in [-0.4, -0.2) is 30.7 Å². The van der Waals surface area contributed by atoms with Crippen molar-refractivity contribution in [2.45, 2.75) is 23.3 Å². The predicted molar refractivity (Wildman–Crippen MR) is 95.7 cm³/mol. The Balaban J connectivity index is 1.58. The predicted octanol–water partition coefficient (Wildman–Crippen LogP) is 2.04. The number of nitrogens with zero attached hydrogens (tertiary/aromatic N) is 1. The molecule has 25 heavy (non-hydrogen) atoms. The number of para-hydroxylation sites is 1. The summed E-state index contributed by atoms with van der Waals surface area (Å²) in [4.78, 5) is 4.32. The summed E-state index contributed by atoms with van der Waals surface area (Å²) in [6, 6.07) is 16.4. The van der Waals surface area contributed by atoms with E-state index in [-0.39, 0.29) is 11.4 Å². The van der Waals surface area contributed by atoms with E-state index in [1.165, 1.54) is 6.07 Å². The van der Waals surface area contributed by atoms with Crippen LogP contribution >= 0.6 is 0 Å². The van der Waals surface area contributed by atoms with Crippen LogP contribution in [0.3, 0.4) is 0 Å². The quantitative estimate of drug-likeness (QED) is 0.751. The normalized spacial score (nSPS) is 16.0. The number of hydrogen-bond acceptors (Lipinski definition) is 4. The third kappa shape index (κ3) is 3.04. The largest absolute Gasteiger partial charge is 0.388 e. The number of rotatable bonds is 4. The van der Waals surface area contributed by atoms with Crippen molar-refractivity contribution in [2.24, 2.45) is 0 Å². The summed E-state index contributed by atoms with van der Waals surface area (Å²) in [7, 11) is -3.77. The van der Waals surface area contributed by atoms with E-state index in [0.29, 0.717) is 18.4 Å². The summed E-state index contributed by atoms with van der Waals surface area (Å²) < 4.78 is 28.1. The van der Waals surface area contributed by atoms with Gasteiger partial charge in [0.2, 0.25) is 10.0 Å². The average molecular weight is 354 g/mol. The maximum atomic E-state index is 12.8. The maximum absolute atomic E-state index is 12.8. The molecular weight excluding hydrogens is 336 g/mol. The number of benzene rings is 2. The molecule has 1 aromatic heterocycles. The van der Waals surface area contributed by atoms with Crippen LogP contribution in [-0.2, 0) is 22.9 Å². The van der Waals surface area contributed by atoms with Gasteiger partial charge in [-0.2, -0.15) is 0 Å². The lowest BCUT2D eigenvalue weighted by molar-refractivity contribution is 0.0567. The fourth-order valence-electron chi connectivity index (χ4n) is 3.40. The monoisotopic (exact) mass is 354 g/mol. The van der Waals surface area contributed by atoms with Crippen LogP contribution in [0.5, 0.6) is 0 Å². The van der Waals surface area contributed by atoms with Gasteiger partial charge in [-0.1, -0.05) is 42.5 Å². The summed E-state index contributed by atoms with van der Waals surface area (Å²) in [6.45, 7) is -0.0345. The van der Waals surface area contributed by atoms with Crippen LogP contribution in [0.1, 0.15) is 11.1 Å². The number of hydrogen-bond donors (Lipinski definition) is 2. The standard InChI is InChI=1S/C19H18N2O3S/c22-19(11-15-5-1-2-6-16(15)12-19)13-21-25(23,24)17-9-3-7-14-8-4-10-20-18(14)17/h1-10,21-22H,11-13H2. The highest BCUT2D eigenvalue weighted by atomic mass is 32.2. The van der Waals surface area contributed by atoms with Gasteiger partial charge in [-0.3, -0.25) is 4.98 Å². The number of aromatic nitrogens is 1. The SMILES string of the molecule is O=S(=O)(NCC1(O)Cc2ccccc2C1)c1cccc2cccnc12. The zero-order valence-corrected chi connectivity index (χ0v) is 14.3. The molecule has 128 valence electrons. The molecule has 0 amide bonds. The van der Waals surface area contributed by atoms with E-state index in [4.69, 9.17) is 0 Å². The lowest BCUT2D eigenvalue weighted by Gasteiger charge is -2.22. The van der Waals surface area contributed by atoms with E-state index in [2.05, 4.69) is 9.71 Å². The van der Waals surface area contributed by atoms with Gasteiger partial charge in [-0.15, -0.1) is 0 Å². The molecular formula is C19H18N2O3S. The third-order valence-corrected chi connectivity index (χ3v) is 6.07. The minimum absolute atomic E-state index is 0.0345.